The average molecular weight is 368 g/mol. The molecule has 2 aromatic carbocycles. The molecule has 1 fully saturated rings. The molecular weight excluding hydrogens is 348 g/mol. The number of hydrogen-bond donors (Lipinski definition) is 0. The van der Waals surface area contributed by atoms with Crippen LogP contribution in [0.5, 0.6) is 5.75 Å². The second kappa shape index (κ2) is 8.51. The molecule has 0 amide bonds. The van der Waals surface area contributed by atoms with Crippen LogP contribution < -0.4 is 4.74 Å². The Balaban J connectivity index is 1.47. The molecule has 3 nitrogen and oxygen atoms in total. The second-order valence-electron chi connectivity index (χ2n) is 6.35. The van der Waals surface area contributed by atoms with Gasteiger partial charge in [0, 0.05) is 45.3 Å². The summed E-state index contributed by atoms with van der Waals surface area (Å²) in [6, 6.07) is 10.2. The largest absolute Gasteiger partial charge is 0.435 e. The summed E-state index contributed by atoms with van der Waals surface area (Å²) in [4.78, 5) is 4.41. The van der Waals surface area contributed by atoms with Crippen LogP contribution in [0, 0.1) is 11.6 Å². The normalized spacial score (nSPS) is 16.2. The van der Waals surface area contributed by atoms with Crippen LogP contribution in [0.2, 0.25) is 0 Å². The number of halogens is 4. The molecule has 2 aromatic rings. The van der Waals surface area contributed by atoms with Crippen LogP contribution in [0.4, 0.5) is 17.6 Å². The van der Waals surface area contributed by atoms with Crippen molar-refractivity contribution in [2.45, 2.75) is 19.7 Å². The molecule has 1 aliphatic heterocycles. The average Bonchev–Trinajstić information content (AvgIpc) is 2.57. The fourth-order valence-electron chi connectivity index (χ4n) is 3.10. The van der Waals surface area contributed by atoms with Crippen molar-refractivity contribution < 1.29 is 22.3 Å². The molecule has 26 heavy (non-hydrogen) atoms. The van der Waals surface area contributed by atoms with Crippen molar-refractivity contribution in [2.24, 2.45) is 0 Å². The Kier molecular flexibility index (Phi) is 6.11. The summed E-state index contributed by atoms with van der Waals surface area (Å²) in [6.07, 6.45) is 0. The highest BCUT2D eigenvalue weighted by atomic mass is 19.3. The van der Waals surface area contributed by atoms with Crippen LogP contribution in [0.15, 0.2) is 42.5 Å². The Morgan fingerprint density at radius 3 is 1.77 bits per heavy atom. The maximum Gasteiger partial charge on any atom is 0.387 e. The van der Waals surface area contributed by atoms with E-state index in [9.17, 15) is 17.6 Å². The minimum Gasteiger partial charge on any atom is -0.435 e. The molecule has 1 heterocycles. The Labute approximate surface area is 149 Å². The van der Waals surface area contributed by atoms with E-state index in [1.807, 2.05) is 0 Å². The lowest BCUT2D eigenvalue weighted by molar-refractivity contribution is -0.0498. The van der Waals surface area contributed by atoms with E-state index in [1.165, 1.54) is 24.3 Å². The number of rotatable bonds is 6. The van der Waals surface area contributed by atoms with E-state index in [0.717, 1.165) is 44.4 Å². The lowest BCUT2D eigenvalue weighted by Crippen LogP contribution is -2.45. The third kappa shape index (κ3) is 5.44. The van der Waals surface area contributed by atoms with Crippen LogP contribution in [-0.4, -0.2) is 42.6 Å². The predicted octanol–water partition coefficient (Wildman–Crippen LogP) is 3.88. The zero-order chi connectivity index (χ0) is 18.5. The zero-order valence-electron chi connectivity index (χ0n) is 14.2. The van der Waals surface area contributed by atoms with Gasteiger partial charge in [0.25, 0.3) is 0 Å². The standard InChI is InChI=1S/C19H20F4N2O/c20-16-9-15(10-17(21)11-16)13-25-7-5-24(6-8-25)12-14-1-3-18(4-2-14)26-19(22)23/h1-4,9-11,19H,5-8,12-13H2. The van der Waals surface area contributed by atoms with E-state index in [0.29, 0.717) is 12.1 Å². The van der Waals surface area contributed by atoms with Crippen molar-refractivity contribution >= 4 is 0 Å². The maximum absolute atomic E-state index is 13.3. The van der Waals surface area contributed by atoms with Gasteiger partial charge in [0.2, 0.25) is 0 Å². The van der Waals surface area contributed by atoms with Crippen molar-refractivity contribution in [3.05, 3.63) is 65.2 Å². The van der Waals surface area contributed by atoms with Gasteiger partial charge >= 0.3 is 6.61 Å². The minimum atomic E-state index is -2.82. The highest BCUT2D eigenvalue weighted by Crippen LogP contribution is 2.17. The molecule has 1 saturated heterocycles. The molecule has 0 aromatic heterocycles. The monoisotopic (exact) mass is 368 g/mol. The van der Waals surface area contributed by atoms with Gasteiger partial charge in [0.1, 0.15) is 17.4 Å². The summed E-state index contributed by atoms with van der Waals surface area (Å²) in [5.41, 5.74) is 1.65. The van der Waals surface area contributed by atoms with E-state index in [2.05, 4.69) is 14.5 Å². The lowest BCUT2D eigenvalue weighted by Gasteiger charge is -2.34. The first-order valence-electron chi connectivity index (χ1n) is 8.41. The maximum atomic E-state index is 13.3. The van der Waals surface area contributed by atoms with Gasteiger partial charge in [-0.3, -0.25) is 9.80 Å². The van der Waals surface area contributed by atoms with Gasteiger partial charge in [-0.1, -0.05) is 12.1 Å². The Morgan fingerprint density at radius 2 is 1.27 bits per heavy atom. The molecule has 0 N–H and O–H groups in total. The molecule has 0 radical (unpaired) electrons. The van der Waals surface area contributed by atoms with Gasteiger partial charge in [-0.05, 0) is 35.4 Å². The van der Waals surface area contributed by atoms with E-state index in [1.54, 1.807) is 12.1 Å². The number of benzene rings is 2. The molecule has 3 rings (SSSR count). The third-order valence-corrected chi connectivity index (χ3v) is 4.35. The Hall–Kier alpha value is -2.12. The number of ether oxygens (including phenoxy) is 1. The van der Waals surface area contributed by atoms with E-state index >= 15 is 0 Å². The van der Waals surface area contributed by atoms with Crippen molar-refractivity contribution in [3.8, 4) is 5.75 Å². The van der Waals surface area contributed by atoms with Crippen molar-refractivity contribution in [1.82, 2.24) is 9.80 Å². The zero-order valence-corrected chi connectivity index (χ0v) is 14.2. The molecule has 0 bridgehead atoms. The number of alkyl halides is 2. The smallest absolute Gasteiger partial charge is 0.387 e. The molecule has 0 atom stereocenters. The summed E-state index contributed by atoms with van der Waals surface area (Å²) >= 11 is 0. The van der Waals surface area contributed by atoms with Gasteiger partial charge in [0.15, 0.2) is 0 Å². The topological polar surface area (TPSA) is 15.7 Å². The lowest BCUT2D eigenvalue weighted by atomic mass is 10.1. The Bertz CT molecular complexity index is 696. The molecule has 140 valence electrons. The van der Waals surface area contributed by atoms with E-state index in [4.69, 9.17) is 0 Å². The molecule has 0 unspecified atom stereocenters. The first kappa shape index (κ1) is 18.7. The molecule has 7 heteroatoms. The van der Waals surface area contributed by atoms with Crippen LogP contribution in [0.3, 0.4) is 0 Å². The molecule has 0 aliphatic carbocycles. The van der Waals surface area contributed by atoms with Gasteiger partial charge in [-0.15, -0.1) is 0 Å². The molecule has 0 spiro atoms. The highest BCUT2D eigenvalue weighted by molar-refractivity contribution is 5.27. The summed E-state index contributed by atoms with van der Waals surface area (Å²) < 4.78 is 55.2. The van der Waals surface area contributed by atoms with Gasteiger partial charge in [-0.25, -0.2) is 8.78 Å². The summed E-state index contributed by atoms with van der Waals surface area (Å²) in [7, 11) is 0. The molecule has 0 saturated carbocycles. The fourth-order valence-corrected chi connectivity index (χ4v) is 3.10. The van der Waals surface area contributed by atoms with E-state index < -0.39 is 18.2 Å². The number of nitrogens with zero attached hydrogens (tertiary/aromatic N) is 2. The van der Waals surface area contributed by atoms with Crippen molar-refractivity contribution in [3.63, 3.8) is 0 Å². The molecule has 1 aliphatic rings. The van der Waals surface area contributed by atoms with Crippen molar-refractivity contribution in [1.29, 1.82) is 0 Å². The SMILES string of the molecule is Fc1cc(F)cc(CN2CCN(Cc3ccc(OC(F)F)cc3)CC2)c1. The minimum absolute atomic E-state index is 0.149. The van der Waals surface area contributed by atoms with Gasteiger partial charge < -0.3 is 4.74 Å². The van der Waals surface area contributed by atoms with Gasteiger partial charge in [-0.2, -0.15) is 8.78 Å². The first-order chi connectivity index (χ1) is 12.5. The van der Waals surface area contributed by atoms with Crippen LogP contribution in [0.25, 0.3) is 0 Å². The van der Waals surface area contributed by atoms with E-state index in [-0.39, 0.29) is 5.75 Å². The summed E-state index contributed by atoms with van der Waals surface area (Å²) in [5, 5.41) is 0. The predicted molar refractivity (Wildman–Crippen MR) is 90.0 cm³/mol. The van der Waals surface area contributed by atoms with Crippen LogP contribution >= 0.6 is 0 Å². The quantitative estimate of drug-likeness (QED) is 0.720. The van der Waals surface area contributed by atoms with Crippen LogP contribution in [0.1, 0.15) is 11.1 Å². The molecular formula is C19H20F4N2O. The van der Waals surface area contributed by atoms with Gasteiger partial charge in [0.05, 0.1) is 0 Å². The Morgan fingerprint density at radius 1 is 0.769 bits per heavy atom. The summed E-state index contributed by atoms with van der Waals surface area (Å²) in [5.74, 6) is -0.966. The number of piperazine rings is 1. The van der Waals surface area contributed by atoms with Crippen molar-refractivity contribution in [2.75, 3.05) is 26.2 Å². The fraction of sp³-hybridized carbons (Fsp3) is 0.368. The second-order valence-corrected chi connectivity index (χ2v) is 6.35. The first-order valence-corrected chi connectivity index (χ1v) is 8.41. The number of hydrogen-bond acceptors (Lipinski definition) is 3. The highest BCUT2D eigenvalue weighted by Gasteiger charge is 2.17. The third-order valence-electron chi connectivity index (χ3n) is 4.35. The summed E-state index contributed by atoms with van der Waals surface area (Å²) in [6.45, 7) is 1.66. The van der Waals surface area contributed by atoms with Crippen LogP contribution in [-0.2, 0) is 13.1 Å².